The van der Waals surface area contributed by atoms with E-state index in [1.165, 1.54) is 57.9 Å². The van der Waals surface area contributed by atoms with Crippen molar-refractivity contribution in [2.45, 2.75) is 82.5 Å². The van der Waals surface area contributed by atoms with Gasteiger partial charge < -0.3 is 31.2 Å². The SMILES string of the molecule is CC[C@H](C)[C@H](NC(=O)N(C)Cc1csc(NC(C)=O)n1)C(=O)N[C@@H](Cc1ccccc1)[C@@H](O)CN(CC1CCC1)S(=O)(=O)c1ccc(C=NO)cc1. The van der Waals surface area contributed by atoms with Crippen molar-refractivity contribution in [3.05, 3.63) is 76.8 Å². The number of amides is 4. The normalized spacial score (nSPS) is 15.7. The minimum Gasteiger partial charge on any atom is -0.411 e. The fourth-order valence-corrected chi connectivity index (χ4v) is 8.06. The van der Waals surface area contributed by atoms with Crippen molar-refractivity contribution in [3.63, 3.8) is 0 Å². The average molecular weight is 756 g/mol. The van der Waals surface area contributed by atoms with E-state index in [1.807, 2.05) is 44.2 Å². The zero-order chi connectivity index (χ0) is 37.8. The second kappa shape index (κ2) is 18.9. The molecule has 1 saturated carbocycles. The molecule has 0 unspecified atom stereocenters. The van der Waals surface area contributed by atoms with Crippen LogP contribution in [0.2, 0.25) is 0 Å². The van der Waals surface area contributed by atoms with Gasteiger partial charge in [-0.2, -0.15) is 4.31 Å². The Labute approximate surface area is 309 Å². The Balaban J connectivity index is 1.54. The van der Waals surface area contributed by atoms with Crippen LogP contribution in [-0.4, -0.2) is 95.3 Å². The monoisotopic (exact) mass is 755 g/mol. The van der Waals surface area contributed by atoms with Gasteiger partial charge in [0.1, 0.15) is 6.04 Å². The molecule has 0 bridgehead atoms. The van der Waals surface area contributed by atoms with E-state index in [9.17, 15) is 27.9 Å². The molecule has 0 saturated heterocycles. The van der Waals surface area contributed by atoms with Gasteiger partial charge in [-0.25, -0.2) is 18.2 Å². The number of carbonyl (C=O) groups excluding carboxylic acids is 3. The average Bonchev–Trinajstić information content (AvgIpc) is 3.53. The second-order valence-electron chi connectivity index (χ2n) is 13.3. The highest BCUT2D eigenvalue weighted by atomic mass is 32.2. The third-order valence-corrected chi connectivity index (χ3v) is 11.9. The van der Waals surface area contributed by atoms with E-state index in [0.717, 1.165) is 24.8 Å². The van der Waals surface area contributed by atoms with Crippen molar-refractivity contribution in [1.82, 2.24) is 24.8 Å². The number of nitrogens with one attached hydrogen (secondary N) is 3. The fourth-order valence-electron chi connectivity index (χ4n) is 5.78. The molecule has 1 aliphatic carbocycles. The van der Waals surface area contributed by atoms with E-state index >= 15 is 0 Å². The number of rotatable bonds is 18. The quantitative estimate of drug-likeness (QED) is 0.0729. The minimum atomic E-state index is -4.06. The number of urea groups is 1. The molecule has 0 spiro atoms. The van der Waals surface area contributed by atoms with E-state index in [0.29, 0.717) is 22.8 Å². The van der Waals surface area contributed by atoms with Gasteiger partial charge in [0, 0.05) is 32.4 Å². The van der Waals surface area contributed by atoms with E-state index < -0.39 is 40.1 Å². The molecule has 4 rings (SSSR count). The first-order valence-electron chi connectivity index (χ1n) is 17.3. The molecule has 52 heavy (non-hydrogen) atoms. The molecule has 5 N–H and O–H groups in total. The lowest BCUT2D eigenvalue weighted by Crippen LogP contribution is -2.58. The van der Waals surface area contributed by atoms with E-state index in [1.54, 1.807) is 12.4 Å². The lowest BCUT2D eigenvalue weighted by atomic mass is 9.85. The number of oxime groups is 1. The summed E-state index contributed by atoms with van der Waals surface area (Å²) in [6.45, 7) is 5.21. The molecule has 16 heteroatoms. The van der Waals surface area contributed by atoms with Crippen molar-refractivity contribution in [1.29, 1.82) is 0 Å². The summed E-state index contributed by atoms with van der Waals surface area (Å²) in [6.07, 6.45) is 3.42. The number of thiazole rings is 1. The van der Waals surface area contributed by atoms with Crippen LogP contribution in [0.4, 0.5) is 9.93 Å². The number of aliphatic hydroxyl groups is 1. The first kappa shape index (κ1) is 40.4. The molecule has 0 radical (unpaired) electrons. The van der Waals surface area contributed by atoms with Crippen molar-refractivity contribution in [2.75, 3.05) is 25.5 Å². The lowest BCUT2D eigenvalue weighted by Gasteiger charge is -2.35. The number of hydrogen-bond donors (Lipinski definition) is 5. The fraction of sp³-hybridized carbons (Fsp3) is 0.472. The molecule has 2 aromatic carbocycles. The predicted octanol–water partition coefficient (Wildman–Crippen LogP) is 4.05. The van der Waals surface area contributed by atoms with Crippen molar-refractivity contribution >= 4 is 50.6 Å². The van der Waals surface area contributed by atoms with Crippen LogP contribution >= 0.6 is 11.3 Å². The van der Waals surface area contributed by atoms with Gasteiger partial charge in [-0.3, -0.25) is 9.59 Å². The number of benzene rings is 2. The molecule has 3 aromatic rings. The molecule has 0 aliphatic heterocycles. The maximum absolute atomic E-state index is 14.0. The van der Waals surface area contributed by atoms with Crippen LogP contribution in [0.5, 0.6) is 0 Å². The van der Waals surface area contributed by atoms with Gasteiger partial charge in [-0.1, -0.05) is 74.3 Å². The molecule has 4 atom stereocenters. The number of carbonyl (C=O) groups is 3. The van der Waals surface area contributed by atoms with Crippen LogP contribution in [0.15, 0.2) is 70.0 Å². The Morgan fingerprint density at radius 2 is 1.79 bits per heavy atom. The minimum absolute atomic E-state index is 0.0328. The van der Waals surface area contributed by atoms with Crippen LogP contribution in [0.25, 0.3) is 0 Å². The molecule has 1 aromatic heterocycles. The Morgan fingerprint density at radius 1 is 1.10 bits per heavy atom. The van der Waals surface area contributed by atoms with Gasteiger partial charge in [-0.15, -0.1) is 11.3 Å². The molecular weight excluding hydrogens is 707 g/mol. The van der Waals surface area contributed by atoms with Crippen molar-refractivity contribution in [2.24, 2.45) is 17.0 Å². The Kier molecular flexibility index (Phi) is 14.7. The molecule has 1 fully saturated rings. The maximum atomic E-state index is 14.0. The van der Waals surface area contributed by atoms with E-state index in [-0.39, 0.29) is 48.7 Å². The number of hydrogen-bond acceptors (Lipinski definition) is 10. The summed E-state index contributed by atoms with van der Waals surface area (Å²) in [5.41, 5.74) is 1.91. The molecular formula is C36H49N7O7S2. The Bertz CT molecular complexity index is 1770. The topological polar surface area (TPSA) is 194 Å². The summed E-state index contributed by atoms with van der Waals surface area (Å²) in [5, 5.41) is 34.2. The van der Waals surface area contributed by atoms with Gasteiger partial charge in [0.15, 0.2) is 5.13 Å². The molecule has 282 valence electrons. The third-order valence-electron chi connectivity index (χ3n) is 9.25. The van der Waals surface area contributed by atoms with E-state index in [4.69, 9.17) is 5.21 Å². The van der Waals surface area contributed by atoms with Crippen molar-refractivity contribution in [3.8, 4) is 0 Å². The van der Waals surface area contributed by atoms with Crippen molar-refractivity contribution < 1.29 is 33.1 Å². The molecule has 4 amide bonds. The van der Waals surface area contributed by atoms with Crippen LogP contribution in [0.1, 0.15) is 63.3 Å². The summed E-state index contributed by atoms with van der Waals surface area (Å²) < 4.78 is 29.3. The highest BCUT2D eigenvalue weighted by Gasteiger charge is 2.35. The number of nitrogens with zero attached hydrogens (tertiary/aromatic N) is 4. The number of aromatic nitrogens is 1. The number of anilines is 1. The van der Waals surface area contributed by atoms with Gasteiger partial charge in [0.05, 0.1) is 35.5 Å². The maximum Gasteiger partial charge on any atom is 0.318 e. The highest BCUT2D eigenvalue weighted by molar-refractivity contribution is 7.89. The number of aliphatic hydroxyl groups excluding tert-OH is 1. The van der Waals surface area contributed by atoms with Gasteiger partial charge in [0.25, 0.3) is 0 Å². The first-order chi connectivity index (χ1) is 24.8. The standard InChI is InChI=1S/C36H49N7O7S2/c1-5-24(2)33(41-36(47)42(4)21-29-23-51-35(39-29)38-25(3)44)34(46)40-31(18-26-10-7-6-8-11-26)32(45)22-43(20-28-12-9-13-28)52(49,50)30-16-14-27(15-17-30)19-37-48/h6-8,10-11,14-17,19,23-24,28,31-33,45,48H,5,9,12-13,18,20-22H2,1-4H3,(H,40,46)(H,41,47)(H,38,39,44)/t24-,31-,32-,33-/m0/s1. The largest absolute Gasteiger partial charge is 0.411 e. The summed E-state index contributed by atoms with van der Waals surface area (Å²) in [6, 6.07) is 12.8. The molecule has 1 heterocycles. The van der Waals surface area contributed by atoms with Crippen LogP contribution in [0.3, 0.4) is 0 Å². The predicted molar refractivity (Wildman–Crippen MR) is 200 cm³/mol. The smallest absolute Gasteiger partial charge is 0.318 e. The van der Waals surface area contributed by atoms with Crippen LogP contribution in [0, 0.1) is 11.8 Å². The molecule has 14 nitrogen and oxygen atoms in total. The summed E-state index contributed by atoms with van der Waals surface area (Å²) in [5.74, 6) is -0.898. The zero-order valence-corrected chi connectivity index (χ0v) is 31.6. The Morgan fingerprint density at radius 3 is 2.38 bits per heavy atom. The third kappa shape index (κ3) is 11.3. The van der Waals surface area contributed by atoms with Gasteiger partial charge >= 0.3 is 6.03 Å². The second-order valence-corrected chi connectivity index (χ2v) is 16.1. The highest BCUT2D eigenvalue weighted by Crippen LogP contribution is 2.30. The zero-order valence-electron chi connectivity index (χ0n) is 29.9. The van der Waals surface area contributed by atoms with Gasteiger partial charge in [0.2, 0.25) is 21.8 Å². The Hall–Kier alpha value is -4.38. The van der Waals surface area contributed by atoms with E-state index in [2.05, 4.69) is 26.1 Å². The summed E-state index contributed by atoms with van der Waals surface area (Å²) in [7, 11) is -2.48. The lowest BCUT2D eigenvalue weighted by molar-refractivity contribution is -0.125. The van der Waals surface area contributed by atoms with Crippen LogP contribution in [-0.2, 0) is 32.6 Å². The van der Waals surface area contributed by atoms with Gasteiger partial charge in [-0.05, 0) is 54.4 Å². The first-order valence-corrected chi connectivity index (χ1v) is 19.7. The molecule has 1 aliphatic rings. The summed E-state index contributed by atoms with van der Waals surface area (Å²) >= 11 is 1.24. The number of sulfonamides is 1. The van der Waals surface area contributed by atoms with Crippen LogP contribution < -0.4 is 16.0 Å². The summed E-state index contributed by atoms with van der Waals surface area (Å²) in [4.78, 5) is 44.5.